The Morgan fingerprint density at radius 1 is 1.55 bits per heavy atom. The second kappa shape index (κ2) is 2.18. The summed E-state index contributed by atoms with van der Waals surface area (Å²) in [5.74, 6) is -1.27. The lowest BCUT2D eigenvalue weighted by atomic mass is 10.0. The van der Waals surface area contributed by atoms with Gasteiger partial charge in [-0.25, -0.2) is 8.42 Å². The highest BCUT2D eigenvalue weighted by Gasteiger charge is 2.53. The normalized spacial score (nSPS) is 22.3. The summed E-state index contributed by atoms with van der Waals surface area (Å²) < 4.78 is 20.3. The van der Waals surface area contributed by atoms with Crippen molar-refractivity contribution < 1.29 is 18.3 Å². The van der Waals surface area contributed by atoms with Gasteiger partial charge >= 0.3 is 5.97 Å². The number of sulfone groups is 1. The molecule has 0 bridgehead atoms. The first-order chi connectivity index (χ1) is 4.90. The Morgan fingerprint density at radius 3 is 2.00 bits per heavy atom. The van der Waals surface area contributed by atoms with E-state index in [1.54, 1.807) is 0 Å². The van der Waals surface area contributed by atoms with E-state index in [1.807, 2.05) is 0 Å². The van der Waals surface area contributed by atoms with Crippen molar-refractivity contribution in [3.63, 3.8) is 0 Å². The van der Waals surface area contributed by atoms with E-state index in [9.17, 15) is 13.2 Å². The fraction of sp³-hybridized carbons (Fsp3) is 0.800. The predicted molar refractivity (Wildman–Crippen MR) is 38.1 cm³/mol. The summed E-state index contributed by atoms with van der Waals surface area (Å²) in [6.45, 7) is 0.0301. The molecule has 0 aromatic heterocycles. The Bertz CT molecular complexity index is 277. The second-order valence-corrected chi connectivity index (χ2v) is 5.00. The summed E-state index contributed by atoms with van der Waals surface area (Å²) in [5.41, 5.74) is 0. The van der Waals surface area contributed by atoms with Crippen LogP contribution in [0.4, 0.5) is 0 Å². The molecule has 0 atom stereocenters. The summed E-state index contributed by atoms with van der Waals surface area (Å²) in [6, 6.07) is 0. The van der Waals surface area contributed by atoms with Crippen molar-refractivity contribution in [3.05, 3.63) is 0 Å². The zero-order chi connectivity index (χ0) is 8.70. The molecule has 1 aliphatic heterocycles. The van der Waals surface area contributed by atoms with Crippen LogP contribution < -0.4 is 5.32 Å². The molecule has 64 valence electrons. The summed E-state index contributed by atoms with van der Waals surface area (Å²) >= 11 is 0. The SMILES string of the molecule is CS(=O)(=O)C1(C(=O)O)CNC1. The molecule has 1 rings (SSSR count). The molecule has 5 nitrogen and oxygen atoms in total. The van der Waals surface area contributed by atoms with Crippen LogP contribution in [0.5, 0.6) is 0 Å². The maximum atomic E-state index is 11.0. The zero-order valence-corrected chi connectivity index (χ0v) is 6.81. The summed E-state index contributed by atoms with van der Waals surface area (Å²) in [6.07, 6.45) is 0.946. The van der Waals surface area contributed by atoms with Crippen LogP contribution in [0.15, 0.2) is 0 Å². The van der Waals surface area contributed by atoms with Gasteiger partial charge in [-0.1, -0.05) is 0 Å². The van der Waals surface area contributed by atoms with Crippen molar-refractivity contribution >= 4 is 15.8 Å². The minimum Gasteiger partial charge on any atom is -0.480 e. The van der Waals surface area contributed by atoms with E-state index >= 15 is 0 Å². The van der Waals surface area contributed by atoms with Gasteiger partial charge in [0.15, 0.2) is 14.6 Å². The molecular formula is C5H9NO4S. The van der Waals surface area contributed by atoms with Crippen LogP contribution in [0.25, 0.3) is 0 Å². The molecule has 6 heteroatoms. The molecule has 11 heavy (non-hydrogen) atoms. The van der Waals surface area contributed by atoms with E-state index in [0.29, 0.717) is 0 Å². The summed E-state index contributed by atoms with van der Waals surface area (Å²) in [4.78, 5) is 10.5. The standard InChI is InChI=1S/C5H9NO4S/c1-11(9,10)5(4(7)8)2-6-3-5/h6H,2-3H2,1H3,(H,7,8). The lowest BCUT2D eigenvalue weighted by Crippen LogP contribution is -2.68. The molecule has 2 N–H and O–H groups in total. The number of nitrogens with one attached hydrogen (secondary N) is 1. The van der Waals surface area contributed by atoms with Crippen molar-refractivity contribution in [1.82, 2.24) is 5.32 Å². The first kappa shape index (κ1) is 8.48. The third-order valence-corrected chi connectivity index (χ3v) is 3.80. The molecule has 0 spiro atoms. The van der Waals surface area contributed by atoms with Gasteiger partial charge in [0, 0.05) is 19.3 Å². The van der Waals surface area contributed by atoms with E-state index in [1.165, 1.54) is 0 Å². The van der Waals surface area contributed by atoms with Crippen molar-refractivity contribution in [2.75, 3.05) is 19.3 Å². The third-order valence-electron chi connectivity index (χ3n) is 1.92. The minimum absolute atomic E-state index is 0.0150. The molecule has 1 aliphatic rings. The fourth-order valence-corrected chi connectivity index (χ4v) is 1.97. The lowest BCUT2D eigenvalue weighted by molar-refractivity contribution is -0.141. The van der Waals surface area contributed by atoms with E-state index in [0.717, 1.165) is 6.26 Å². The number of rotatable bonds is 2. The molecule has 0 amide bonds. The van der Waals surface area contributed by atoms with Crippen molar-refractivity contribution in [3.8, 4) is 0 Å². The molecule has 1 heterocycles. The van der Waals surface area contributed by atoms with Gasteiger partial charge in [0.2, 0.25) is 0 Å². The molecular weight excluding hydrogens is 170 g/mol. The van der Waals surface area contributed by atoms with Crippen LogP contribution >= 0.6 is 0 Å². The van der Waals surface area contributed by atoms with Crippen molar-refractivity contribution in [1.29, 1.82) is 0 Å². The van der Waals surface area contributed by atoms with E-state index in [-0.39, 0.29) is 13.1 Å². The van der Waals surface area contributed by atoms with Crippen LogP contribution in [0, 0.1) is 0 Å². The number of hydrogen-bond acceptors (Lipinski definition) is 4. The van der Waals surface area contributed by atoms with Crippen LogP contribution in [0.3, 0.4) is 0 Å². The second-order valence-electron chi connectivity index (χ2n) is 2.68. The van der Waals surface area contributed by atoms with Crippen LogP contribution in [-0.2, 0) is 14.6 Å². The molecule has 0 unspecified atom stereocenters. The Balaban J connectivity index is 3.04. The van der Waals surface area contributed by atoms with Crippen LogP contribution in [0.2, 0.25) is 0 Å². The van der Waals surface area contributed by atoms with E-state index in [2.05, 4.69) is 5.32 Å². The van der Waals surface area contributed by atoms with Gasteiger partial charge in [-0.15, -0.1) is 0 Å². The first-order valence-corrected chi connectivity index (χ1v) is 4.93. The largest absolute Gasteiger partial charge is 0.480 e. The molecule has 0 saturated carbocycles. The number of carbonyl (C=O) groups is 1. The van der Waals surface area contributed by atoms with Crippen LogP contribution in [-0.4, -0.2) is 43.6 Å². The minimum atomic E-state index is -3.49. The highest BCUT2D eigenvalue weighted by atomic mass is 32.2. The maximum absolute atomic E-state index is 11.0. The summed E-state index contributed by atoms with van der Waals surface area (Å²) in [5, 5.41) is 11.2. The van der Waals surface area contributed by atoms with E-state index < -0.39 is 20.6 Å². The molecule has 1 saturated heterocycles. The molecule has 0 radical (unpaired) electrons. The lowest BCUT2D eigenvalue weighted by Gasteiger charge is -2.36. The van der Waals surface area contributed by atoms with Crippen molar-refractivity contribution in [2.45, 2.75) is 4.75 Å². The van der Waals surface area contributed by atoms with Gasteiger partial charge in [-0.2, -0.15) is 0 Å². The zero-order valence-electron chi connectivity index (χ0n) is 5.99. The number of hydrogen-bond donors (Lipinski definition) is 2. The number of carboxylic acid groups (broad SMARTS) is 1. The Labute approximate surface area is 64.3 Å². The number of carboxylic acids is 1. The quantitative estimate of drug-likeness (QED) is 0.536. The van der Waals surface area contributed by atoms with Gasteiger partial charge in [-0.05, 0) is 0 Å². The Morgan fingerprint density at radius 2 is 2.00 bits per heavy atom. The fourth-order valence-electron chi connectivity index (χ4n) is 0.924. The number of aliphatic carboxylic acids is 1. The van der Waals surface area contributed by atoms with Gasteiger partial charge in [-0.3, -0.25) is 4.79 Å². The Hall–Kier alpha value is -0.620. The molecule has 0 aromatic rings. The third kappa shape index (κ3) is 1.02. The van der Waals surface area contributed by atoms with E-state index in [4.69, 9.17) is 5.11 Å². The average molecular weight is 179 g/mol. The van der Waals surface area contributed by atoms with Crippen molar-refractivity contribution in [2.24, 2.45) is 0 Å². The molecule has 0 aliphatic carbocycles. The van der Waals surface area contributed by atoms with Crippen LogP contribution in [0.1, 0.15) is 0 Å². The predicted octanol–water partition coefficient (Wildman–Crippen LogP) is -1.54. The Kier molecular flexibility index (Phi) is 1.68. The van der Waals surface area contributed by atoms with Gasteiger partial charge in [0.05, 0.1) is 0 Å². The monoisotopic (exact) mass is 179 g/mol. The van der Waals surface area contributed by atoms with Gasteiger partial charge < -0.3 is 10.4 Å². The summed E-state index contributed by atoms with van der Waals surface area (Å²) in [7, 11) is -3.49. The average Bonchev–Trinajstić information content (AvgIpc) is 1.52. The molecule has 1 fully saturated rings. The van der Waals surface area contributed by atoms with Gasteiger partial charge in [0.1, 0.15) is 0 Å². The smallest absolute Gasteiger partial charge is 0.327 e. The first-order valence-electron chi connectivity index (χ1n) is 3.04. The van der Waals surface area contributed by atoms with Gasteiger partial charge in [0.25, 0.3) is 0 Å². The maximum Gasteiger partial charge on any atom is 0.327 e. The highest BCUT2D eigenvalue weighted by Crippen LogP contribution is 2.21. The topological polar surface area (TPSA) is 83.5 Å². The molecule has 0 aromatic carbocycles. The highest BCUT2D eigenvalue weighted by molar-refractivity contribution is 7.93.